The summed E-state index contributed by atoms with van der Waals surface area (Å²) < 4.78 is 0. The van der Waals surface area contributed by atoms with E-state index in [0.717, 1.165) is 44.3 Å². The average Bonchev–Trinajstić information content (AvgIpc) is 3.10. The number of aliphatic hydroxyl groups excluding tert-OH is 1. The molecule has 1 unspecified atom stereocenters. The van der Waals surface area contributed by atoms with Gasteiger partial charge in [0, 0.05) is 35.8 Å². The van der Waals surface area contributed by atoms with Crippen LogP contribution in [0.15, 0.2) is 18.2 Å². The average molecular weight is 323 g/mol. The van der Waals surface area contributed by atoms with Crippen molar-refractivity contribution in [3.05, 3.63) is 34.3 Å². The molecule has 1 saturated heterocycles. The smallest absolute Gasteiger partial charge is 0.251 e. The van der Waals surface area contributed by atoms with Crippen LogP contribution in [-0.2, 0) is 0 Å². The van der Waals surface area contributed by atoms with Crippen molar-refractivity contribution in [3.63, 3.8) is 0 Å². The van der Waals surface area contributed by atoms with E-state index in [1.54, 1.807) is 12.1 Å². The van der Waals surface area contributed by atoms with E-state index in [0.29, 0.717) is 16.6 Å². The molecule has 2 fully saturated rings. The second kappa shape index (κ2) is 6.57. The molecule has 0 spiro atoms. The Balaban J connectivity index is 1.69. The Hall–Kier alpha value is -1.10. The van der Waals surface area contributed by atoms with Crippen molar-refractivity contribution in [1.29, 1.82) is 0 Å². The molecule has 22 heavy (non-hydrogen) atoms. The van der Waals surface area contributed by atoms with Crippen LogP contribution in [0.3, 0.4) is 0 Å². The number of nitrogens with zero attached hydrogens (tertiary/aromatic N) is 1. The minimum absolute atomic E-state index is 0.0448. The summed E-state index contributed by atoms with van der Waals surface area (Å²) in [5.41, 5.74) is 1.59. The highest BCUT2D eigenvalue weighted by Crippen LogP contribution is 2.28. The van der Waals surface area contributed by atoms with Gasteiger partial charge >= 0.3 is 0 Å². The molecule has 4 nitrogen and oxygen atoms in total. The predicted octanol–water partition coefficient (Wildman–Crippen LogP) is 2.37. The Kier molecular flexibility index (Phi) is 4.71. The van der Waals surface area contributed by atoms with Gasteiger partial charge in [0.1, 0.15) is 0 Å². The summed E-state index contributed by atoms with van der Waals surface area (Å²) in [7, 11) is 0. The second-order valence-electron chi connectivity index (χ2n) is 6.47. The lowest BCUT2D eigenvalue weighted by atomic mass is 10.1. The van der Waals surface area contributed by atoms with Crippen molar-refractivity contribution in [1.82, 2.24) is 10.2 Å². The second-order valence-corrected chi connectivity index (χ2v) is 6.91. The molecule has 3 atom stereocenters. The molecule has 3 rings (SSSR count). The first-order valence-electron chi connectivity index (χ1n) is 8.03. The minimum atomic E-state index is -0.216. The number of nitrogens with one attached hydrogen (secondary N) is 1. The number of carbonyl (C=O) groups is 1. The van der Waals surface area contributed by atoms with Crippen LogP contribution in [0.2, 0.25) is 5.02 Å². The molecule has 1 saturated carbocycles. The number of β-amino-alcohol motifs (C(OH)–C–C–N with tert-alkyl or cyclic N) is 1. The number of amides is 1. The van der Waals surface area contributed by atoms with Crippen molar-refractivity contribution in [2.75, 3.05) is 13.1 Å². The maximum Gasteiger partial charge on any atom is 0.251 e. The number of carbonyl (C=O) groups excluding carboxylic acids is 1. The fraction of sp³-hybridized carbons (Fsp3) is 0.588. The van der Waals surface area contributed by atoms with Crippen LogP contribution in [0.4, 0.5) is 0 Å². The van der Waals surface area contributed by atoms with Gasteiger partial charge in [-0.05, 0) is 50.3 Å². The summed E-state index contributed by atoms with van der Waals surface area (Å²) >= 11 is 6.01. The molecule has 1 aromatic rings. The molecule has 1 aromatic carbocycles. The van der Waals surface area contributed by atoms with Gasteiger partial charge in [0.05, 0.1) is 6.10 Å². The molecular formula is C17H23ClN2O2. The first-order chi connectivity index (χ1) is 10.5. The first-order valence-corrected chi connectivity index (χ1v) is 8.41. The van der Waals surface area contributed by atoms with Gasteiger partial charge in [-0.3, -0.25) is 9.69 Å². The third-order valence-corrected chi connectivity index (χ3v) is 5.14. The summed E-state index contributed by atoms with van der Waals surface area (Å²) in [5.74, 6) is -0.0448. The molecule has 0 bridgehead atoms. The van der Waals surface area contributed by atoms with Crippen LogP contribution in [0, 0.1) is 6.92 Å². The van der Waals surface area contributed by atoms with Crippen molar-refractivity contribution in [2.24, 2.45) is 0 Å². The van der Waals surface area contributed by atoms with E-state index in [1.165, 1.54) is 0 Å². The molecule has 1 aliphatic heterocycles. The van der Waals surface area contributed by atoms with Crippen LogP contribution < -0.4 is 5.32 Å². The van der Waals surface area contributed by atoms with Crippen LogP contribution in [-0.4, -0.2) is 47.2 Å². The highest BCUT2D eigenvalue weighted by molar-refractivity contribution is 6.31. The molecule has 2 aliphatic rings. The number of rotatable bonds is 3. The molecular weight excluding hydrogens is 300 g/mol. The number of hydrogen-bond donors (Lipinski definition) is 2. The van der Waals surface area contributed by atoms with Gasteiger partial charge in [-0.15, -0.1) is 0 Å². The van der Waals surface area contributed by atoms with E-state index in [1.807, 2.05) is 13.0 Å². The summed E-state index contributed by atoms with van der Waals surface area (Å²) in [6, 6.07) is 5.92. The molecule has 5 heteroatoms. The Morgan fingerprint density at radius 2 is 2.18 bits per heavy atom. The number of halogens is 1. The van der Waals surface area contributed by atoms with Gasteiger partial charge in [-0.1, -0.05) is 17.7 Å². The predicted molar refractivity (Wildman–Crippen MR) is 87.3 cm³/mol. The van der Waals surface area contributed by atoms with Gasteiger partial charge in [0.2, 0.25) is 0 Å². The Morgan fingerprint density at radius 3 is 2.91 bits per heavy atom. The van der Waals surface area contributed by atoms with Crippen molar-refractivity contribution < 1.29 is 9.90 Å². The summed E-state index contributed by atoms with van der Waals surface area (Å²) in [4.78, 5) is 14.9. The fourth-order valence-corrected chi connectivity index (χ4v) is 3.87. The molecule has 1 aliphatic carbocycles. The zero-order valence-electron chi connectivity index (χ0n) is 12.9. The standard InChI is InChI=1S/C17H23ClN2O2/c1-11-5-6-12(18)9-14(11)17(22)19-15-3-2-4-16(15)20-8-7-13(21)10-20/h5-6,9,13,15-16,21H,2-4,7-8,10H2,1H3,(H,19,22)/t13?,15-,16+/m1/s1. The van der Waals surface area contributed by atoms with Crippen molar-refractivity contribution >= 4 is 17.5 Å². The highest BCUT2D eigenvalue weighted by Gasteiger charge is 2.36. The maximum atomic E-state index is 12.6. The summed E-state index contributed by atoms with van der Waals surface area (Å²) in [6.07, 6.45) is 3.84. The minimum Gasteiger partial charge on any atom is -0.392 e. The topological polar surface area (TPSA) is 52.6 Å². The van der Waals surface area contributed by atoms with Gasteiger partial charge < -0.3 is 10.4 Å². The summed E-state index contributed by atoms with van der Waals surface area (Å²) in [6.45, 7) is 3.58. The lowest BCUT2D eigenvalue weighted by molar-refractivity contribution is 0.0905. The number of aryl methyl sites for hydroxylation is 1. The number of hydrogen-bond acceptors (Lipinski definition) is 3. The van der Waals surface area contributed by atoms with Crippen molar-refractivity contribution in [2.45, 2.75) is 50.8 Å². The van der Waals surface area contributed by atoms with E-state index < -0.39 is 0 Å². The Labute approximate surface area is 136 Å². The normalized spacial score (nSPS) is 29.0. The molecule has 1 heterocycles. The van der Waals surface area contributed by atoms with Crippen LogP contribution >= 0.6 is 11.6 Å². The number of likely N-dealkylation sites (tertiary alicyclic amines) is 1. The van der Waals surface area contributed by atoms with Crippen molar-refractivity contribution in [3.8, 4) is 0 Å². The molecule has 0 radical (unpaired) electrons. The largest absolute Gasteiger partial charge is 0.392 e. The highest BCUT2D eigenvalue weighted by atomic mass is 35.5. The van der Waals surface area contributed by atoms with Crippen LogP contribution in [0.25, 0.3) is 0 Å². The van der Waals surface area contributed by atoms with Gasteiger partial charge in [0.15, 0.2) is 0 Å². The zero-order valence-corrected chi connectivity index (χ0v) is 13.6. The number of aliphatic hydroxyl groups is 1. The van der Waals surface area contributed by atoms with E-state index >= 15 is 0 Å². The third kappa shape index (κ3) is 3.29. The van der Waals surface area contributed by atoms with E-state index in [4.69, 9.17) is 11.6 Å². The van der Waals surface area contributed by atoms with Crippen LogP contribution in [0.1, 0.15) is 41.6 Å². The SMILES string of the molecule is Cc1ccc(Cl)cc1C(=O)N[C@@H]1CCC[C@@H]1N1CCC(O)C1. The van der Waals surface area contributed by atoms with E-state index in [9.17, 15) is 9.90 Å². The van der Waals surface area contributed by atoms with Gasteiger partial charge in [0.25, 0.3) is 5.91 Å². The maximum absolute atomic E-state index is 12.6. The lowest BCUT2D eigenvalue weighted by Gasteiger charge is -2.30. The van der Waals surface area contributed by atoms with Gasteiger partial charge in [-0.2, -0.15) is 0 Å². The molecule has 2 N–H and O–H groups in total. The quantitative estimate of drug-likeness (QED) is 0.898. The van der Waals surface area contributed by atoms with Crippen LogP contribution in [0.5, 0.6) is 0 Å². The third-order valence-electron chi connectivity index (χ3n) is 4.90. The first kappa shape index (κ1) is 15.8. The van der Waals surface area contributed by atoms with E-state index in [2.05, 4.69) is 10.2 Å². The molecule has 0 aromatic heterocycles. The van der Waals surface area contributed by atoms with E-state index in [-0.39, 0.29) is 18.1 Å². The lowest BCUT2D eigenvalue weighted by Crippen LogP contribution is -2.48. The Morgan fingerprint density at radius 1 is 1.36 bits per heavy atom. The zero-order chi connectivity index (χ0) is 15.7. The Bertz CT molecular complexity index is 564. The fourth-order valence-electron chi connectivity index (χ4n) is 3.70. The molecule has 1 amide bonds. The molecule has 120 valence electrons. The van der Waals surface area contributed by atoms with Gasteiger partial charge in [-0.25, -0.2) is 0 Å². The number of benzene rings is 1. The monoisotopic (exact) mass is 322 g/mol. The summed E-state index contributed by atoms with van der Waals surface area (Å²) in [5, 5.41) is 13.5.